The van der Waals surface area contributed by atoms with Gasteiger partial charge in [0.25, 0.3) is 10.0 Å². The van der Waals surface area contributed by atoms with Gasteiger partial charge in [0.05, 0.1) is 6.61 Å². The average Bonchev–Trinajstić information content (AvgIpc) is 2.69. The van der Waals surface area contributed by atoms with Gasteiger partial charge in [0.15, 0.2) is 5.03 Å². The minimum Gasteiger partial charge on any atom is -0.395 e. The quantitative estimate of drug-likeness (QED) is 0.733. The Balaban J connectivity index is 2.92. The lowest BCUT2D eigenvalue weighted by Gasteiger charge is -2.19. The summed E-state index contributed by atoms with van der Waals surface area (Å²) in [6, 6.07) is 0. The highest BCUT2D eigenvalue weighted by Gasteiger charge is 2.26. The van der Waals surface area contributed by atoms with Crippen LogP contribution in [0.15, 0.2) is 11.2 Å². The van der Waals surface area contributed by atoms with E-state index in [0.29, 0.717) is 6.54 Å². The molecule has 6 nitrogen and oxygen atoms in total. The van der Waals surface area contributed by atoms with Gasteiger partial charge in [-0.3, -0.25) is 0 Å². The van der Waals surface area contributed by atoms with Crippen LogP contribution in [0.2, 0.25) is 5.28 Å². The molecule has 0 atom stereocenters. The third-order valence-electron chi connectivity index (χ3n) is 2.76. The maximum Gasteiger partial charge on any atom is 0.262 e. The van der Waals surface area contributed by atoms with Crippen LogP contribution in [0.4, 0.5) is 0 Å². The lowest BCUT2D eigenvalue weighted by molar-refractivity contribution is 0.251. The van der Waals surface area contributed by atoms with E-state index in [9.17, 15) is 8.42 Å². The highest BCUT2D eigenvalue weighted by molar-refractivity contribution is 7.89. The van der Waals surface area contributed by atoms with Crippen LogP contribution in [0, 0.1) is 0 Å². The van der Waals surface area contributed by atoms with E-state index >= 15 is 0 Å². The lowest BCUT2D eigenvalue weighted by atomic mass is 10.2. The minimum absolute atomic E-state index is 0.0697. The topological polar surface area (TPSA) is 75.4 Å². The standard InChI is InChI=1S/C11H20ClN3O3S/c1-3-4-5-6-15(7-8-16)19(17,18)10-9-14(2)11(12)13-10/h9,16H,3-8H2,1-2H3. The van der Waals surface area contributed by atoms with Gasteiger partial charge in [-0.2, -0.15) is 4.31 Å². The molecule has 110 valence electrons. The SMILES string of the molecule is CCCCCN(CCO)S(=O)(=O)c1cn(C)c(Cl)n1. The molecule has 19 heavy (non-hydrogen) atoms. The summed E-state index contributed by atoms with van der Waals surface area (Å²) in [7, 11) is -2.06. The molecule has 1 rings (SSSR count). The predicted octanol–water partition coefficient (Wildman–Crippen LogP) is 1.25. The third-order valence-corrected chi connectivity index (χ3v) is 4.88. The van der Waals surface area contributed by atoms with Gasteiger partial charge in [0, 0.05) is 26.3 Å². The van der Waals surface area contributed by atoms with E-state index in [0.717, 1.165) is 19.3 Å². The van der Waals surface area contributed by atoms with Crippen LogP contribution in [0.3, 0.4) is 0 Å². The molecule has 0 unspecified atom stereocenters. The smallest absolute Gasteiger partial charge is 0.262 e. The van der Waals surface area contributed by atoms with Crippen molar-refractivity contribution in [3.05, 3.63) is 11.5 Å². The molecule has 0 saturated carbocycles. The van der Waals surface area contributed by atoms with E-state index < -0.39 is 10.0 Å². The Hall–Kier alpha value is -0.630. The van der Waals surface area contributed by atoms with Gasteiger partial charge in [-0.1, -0.05) is 19.8 Å². The van der Waals surface area contributed by atoms with E-state index in [4.69, 9.17) is 16.7 Å². The van der Waals surface area contributed by atoms with Crippen molar-refractivity contribution in [1.82, 2.24) is 13.9 Å². The molecule has 0 aromatic carbocycles. The monoisotopic (exact) mass is 309 g/mol. The third kappa shape index (κ3) is 4.17. The highest BCUT2D eigenvalue weighted by atomic mass is 35.5. The first-order valence-corrected chi connectivity index (χ1v) is 8.05. The molecule has 1 N–H and O–H groups in total. The van der Waals surface area contributed by atoms with Crippen LogP contribution in [0.1, 0.15) is 26.2 Å². The number of nitrogens with zero attached hydrogens (tertiary/aromatic N) is 3. The van der Waals surface area contributed by atoms with Crippen molar-refractivity contribution in [3.63, 3.8) is 0 Å². The van der Waals surface area contributed by atoms with E-state index in [2.05, 4.69) is 4.98 Å². The van der Waals surface area contributed by atoms with Crippen molar-refractivity contribution in [2.45, 2.75) is 31.2 Å². The summed E-state index contributed by atoms with van der Waals surface area (Å²) >= 11 is 5.76. The molecule has 8 heteroatoms. The van der Waals surface area contributed by atoms with Crippen molar-refractivity contribution in [3.8, 4) is 0 Å². The molecule has 1 heterocycles. The number of aliphatic hydroxyl groups is 1. The first kappa shape index (κ1) is 16.4. The van der Waals surface area contributed by atoms with Crippen LogP contribution in [-0.2, 0) is 17.1 Å². The predicted molar refractivity (Wildman–Crippen MR) is 73.6 cm³/mol. The first-order chi connectivity index (χ1) is 8.93. The van der Waals surface area contributed by atoms with Crippen LogP contribution >= 0.6 is 11.6 Å². The molecule has 0 bridgehead atoms. The Labute approximate surface area is 119 Å². The molecule has 0 saturated heterocycles. The molecule has 0 spiro atoms. The van der Waals surface area contributed by atoms with Gasteiger partial charge < -0.3 is 9.67 Å². The van der Waals surface area contributed by atoms with Gasteiger partial charge in [0.2, 0.25) is 5.28 Å². The Morgan fingerprint density at radius 3 is 2.58 bits per heavy atom. The summed E-state index contributed by atoms with van der Waals surface area (Å²) < 4.78 is 27.4. The fraction of sp³-hybridized carbons (Fsp3) is 0.727. The van der Waals surface area contributed by atoms with E-state index in [1.54, 1.807) is 7.05 Å². The molecule has 0 radical (unpaired) electrons. The molecular formula is C11H20ClN3O3S. The summed E-state index contributed by atoms with van der Waals surface area (Å²) in [5.41, 5.74) is 0. The fourth-order valence-electron chi connectivity index (χ4n) is 1.68. The molecule has 0 amide bonds. The molecule has 0 aliphatic carbocycles. The van der Waals surface area contributed by atoms with Crippen LogP contribution in [0.5, 0.6) is 0 Å². The second kappa shape index (κ2) is 7.23. The molecule has 1 aromatic rings. The van der Waals surface area contributed by atoms with Crippen molar-refractivity contribution in [2.24, 2.45) is 7.05 Å². The van der Waals surface area contributed by atoms with Crippen LogP contribution < -0.4 is 0 Å². The minimum atomic E-state index is -3.69. The van der Waals surface area contributed by atoms with E-state index in [-0.39, 0.29) is 23.5 Å². The normalized spacial score (nSPS) is 12.3. The number of halogens is 1. The molecule has 0 aliphatic rings. The summed E-state index contributed by atoms with van der Waals surface area (Å²) in [4.78, 5) is 3.83. The summed E-state index contributed by atoms with van der Waals surface area (Å²) in [5, 5.41) is 9.05. The maximum absolute atomic E-state index is 12.4. The maximum atomic E-state index is 12.4. The second-order valence-corrected chi connectivity index (χ2v) is 6.52. The van der Waals surface area contributed by atoms with Crippen LogP contribution in [-0.4, -0.2) is 47.1 Å². The zero-order valence-electron chi connectivity index (χ0n) is 11.2. The van der Waals surface area contributed by atoms with Gasteiger partial charge in [-0.25, -0.2) is 13.4 Å². The number of hydrogen-bond acceptors (Lipinski definition) is 4. The fourth-order valence-corrected chi connectivity index (χ4v) is 3.32. The Morgan fingerprint density at radius 2 is 2.11 bits per heavy atom. The van der Waals surface area contributed by atoms with E-state index in [1.165, 1.54) is 15.1 Å². The number of hydrogen-bond donors (Lipinski definition) is 1. The van der Waals surface area contributed by atoms with E-state index in [1.807, 2.05) is 6.92 Å². The Morgan fingerprint density at radius 1 is 1.42 bits per heavy atom. The summed E-state index contributed by atoms with van der Waals surface area (Å²) in [5.74, 6) is 0. The largest absolute Gasteiger partial charge is 0.395 e. The summed E-state index contributed by atoms with van der Waals surface area (Å²) in [6.45, 7) is 2.28. The average molecular weight is 310 g/mol. The van der Waals surface area contributed by atoms with Gasteiger partial charge in [-0.15, -0.1) is 0 Å². The Kier molecular flexibility index (Phi) is 6.25. The molecular weight excluding hydrogens is 290 g/mol. The molecule has 0 aliphatic heterocycles. The zero-order chi connectivity index (χ0) is 14.5. The molecule has 0 fully saturated rings. The van der Waals surface area contributed by atoms with Gasteiger partial charge in [0.1, 0.15) is 0 Å². The highest BCUT2D eigenvalue weighted by Crippen LogP contribution is 2.17. The number of sulfonamides is 1. The van der Waals surface area contributed by atoms with Gasteiger partial charge >= 0.3 is 0 Å². The number of rotatable bonds is 8. The van der Waals surface area contributed by atoms with Crippen molar-refractivity contribution in [2.75, 3.05) is 19.7 Å². The number of aliphatic hydroxyl groups excluding tert-OH is 1. The lowest BCUT2D eigenvalue weighted by Crippen LogP contribution is -2.34. The zero-order valence-corrected chi connectivity index (χ0v) is 12.8. The summed E-state index contributed by atoms with van der Waals surface area (Å²) in [6.07, 6.45) is 4.08. The Bertz CT molecular complexity index is 482. The van der Waals surface area contributed by atoms with Crippen LogP contribution in [0.25, 0.3) is 0 Å². The number of aryl methyl sites for hydroxylation is 1. The van der Waals surface area contributed by atoms with Crippen molar-refractivity contribution < 1.29 is 13.5 Å². The molecule has 1 aromatic heterocycles. The number of unbranched alkanes of at least 4 members (excludes halogenated alkanes) is 2. The first-order valence-electron chi connectivity index (χ1n) is 6.23. The number of aromatic nitrogens is 2. The van der Waals surface area contributed by atoms with Crippen molar-refractivity contribution >= 4 is 21.6 Å². The van der Waals surface area contributed by atoms with Crippen molar-refractivity contribution in [1.29, 1.82) is 0 Å². The second-order valence-electron chi connectivity index (χ2n) is 4.29. The van der Waals surface area contributed by atoms with Gasteiger partial charge in [-0.05, 0) is 18.0 Å². The number of imidazole rings is 1.